The van der Waals surface area contributed by atoms with Crippen LogP contribution in [-0.4, -0.2) is 24.2 Å². The summed E-state index contributed by atoms with van der Waals surface area (Å²) in [6, 6.07) is 1.57. The monoisotopic (exact) mass is 160 g/mol. The number of hydrogen-bond acceptors (Lipinski definition) is 1. The maximum Gasteiger partial charge on any atom is 0.147 e. The van der Waals surface area contributed by atoms with Crippen molar-refractivity contribution < 1.29 is 4.43 Å². The fourth-order valence-corrected chi connectivity index (χ4v) is 7.80. The van der Waals surface area contributed by atoms with E-state index in [-0.39, 0.29) is 17.6 Å². The van der Waals surface area contributed by atoms with Gasteiger partial charge in [-0.2, -0.15) is 0 Å². The maximum atomic E-state index is 5.54. The third kappa shape index (κ3) is 2.23. The van der Waals surface area contributed by atoms with Gasteiger partial charge >= 0.3 is 0 Å². The minimum absolute atomic E-state index is 0.0139. The van der Waals surface area contributed by atoms with Gasteiger partial charge in [0.15, 0.2) is 0 Å². The van der Waals surface area contributed by atoms with Crippen LogP contribution in [0.25, 0.3) is 0 Å². The molecule has 1 unspecified atom stereocenters. The van der Waals surface area contributed by atoms with Crippen molar-refractivity contribution in [2.24, 2.45) is 0 Å². The van der Waals surface area contributed by atoms with E-state index < -0.39 is 0 Å². The molecule has 0 saturated carbocycles. The first-order valence-electron chi connectivity index (χ1n) is 3.88. The third-order valence-corrected chi connectivity index (χ3v) is 12.2. The molecule has 1 aliphatic heterocycles. The molecule has 1 saturated heterocycles. The number of hydrogen-bond donors (Lipinski definition) is 0. The molecule has 3 heteroatoms. The molecule has 54 valence electrons. The van der Waals surface area contributed by atoms with E-state index in [1.165, 1.54) is 6.42 Å². The van der Waals surface area contributed by atoms with Crippen LogP contribution in [0.3, 0.4) is 0 Å². The lowest BCUT2D eigenvalue weighted by Gasteiger charge is -2.22. The van der Waals surface area contributed by atoms with Gasteiger partial charge < -0.3 is 4.43 Å². The number of rotatable bonds is 1. The van der Waals surface area contributed by atoms with Crippen LogP contribution in [-0.2, 0) is 4.43 Å². The zero-order valence-corrected chi connectivity index (χ0v) is 8.96. The average Bonchev–Trinajstić information content (AvgIpc) is 1.90. The van der Waals surface area contributed by atoms with E-state index in [0.717, 1.165) is 12.1 Å². The summed E-state index contributed by atoms with van der Waals surface area (Å²) in [6.07, 6.45) is 1.36. The quantitative estimate of drug-likeness (QED) is 0.511. The SMILES string of the molecule is CC(C)[SiH]1CCCO[SiH2]1. The molecule has 0 amide bonds. The van der Waals surface area contributed by atoms with Crippen molar-refractivity contribution in [1.82, 2.24) is 0 Å². The van der Waals surface area contributed by atoms with Gasteiger partial charge in [0.25, 0.3) is 0 Å². The second-order valence-corrected chi connectivity index (χ2v) is 11.5. The van der Waals surface area contributed by atoms with Crippen LogP contribution in [0.4, 0.5) is 0 Å². The van der Waals surface area contributed by atoms with Crippen LogP contribution in [0.15, 0.2) is 0 Å². The molecular weight excluding hydrogens is 144 g/mol. The van der Waals surface area contributed by atoms with Gasteiger partial charge in [0.05, 0.1) is 8.31 Å². The van der Waals surface area contributed by atoms with Crippen LogP contribution < -0.4 is 0 Å². The molecule has 0 N–H and O–H groups in total. The largest absolute Gasteiger partial charge is 0.428 e. The molecule has 0 bridgehead atoms. The fourth-order valence-electron chi connectivity index (χ4n) is 1.29. The molecule has 1 heterocycles. The van der Waals surface area contributed by atoms with Crippen LogP contribution in [0.1, 0.15) is 20.3 Å². The average molecular weight is 160 g/mol. The normalized spacial score (nSPS) is 31.7. The molecule has 0 aromatic carbocycles. The lowest BCUT2D eigenvalue weighted by atomic mass is 10.5. The third-order valence-electron chi connectivity index (χ3n) is 2.14. The lowest BCUT2D eigenvalue weighted by molar-refractivity contribution is 0.334. The van der Waals surface area contributed by atoms with E-state index in [9.17, 15) is 0 Å². The van der Waals surface area contributed by atoms with Crippen LogP contribution in [0, 0.1) is 0 Å². The minimum atomic E-state index is -0.283. The van der Waals surface area contributed by atoms with Gasteiger partial charge in [-0.3, -0.25) is 0 Å². The van der Waals surface area contributed by atoms with Crippen molar-refractivity contribution in [2.45, 2.75) is 31.9 Å². The standard InChI is InChI=1S/C6H16OSi2/c1-6(2)9-5-3-4-7-8-9/h6,9H,3-5,8H2,1-2H3. The Morgan fingerprint density at radius 2 is 2.33 bits per heavy atom. The summed E-state index contributed by atoms with van der Waals surface area (Å²) < 4.78 is 5.54. The molecule has 1 atom stereocenters. The van der Waals surface area contributed by atoms with Gasteiger partial charge in [0.2, 0.25) is 0 Å². The predicted molar refractivity (Wildman–Crippen MR) is 46.2 cm³/mol. The Bertz CT molecular complexity index is 79.1. The second kappa shape index (κ2) is 3.53. The topological polar surface area (TPSA) is 9.23 Å². The highest BCUT2D eigenvalue weighted by Crippen LogP contribution is 2.15. The summed E-state index contributed by atoms with van der Waals surface area (Å²) in [6.45, 7) is 5.83. The Morgan fingerprint density at radius 3 is 2.67 bits per heavy atom. The Hall–Kier alpha value is 0.394. The van der Waals surface area contributed by atoms with Crippen molar-refractivity contribution >= 4 is 17.6 Å². The fraction of sp³-hybridized carbons (Fsp3) is 1.00. The Kier molecular flexibility index (Phi) is 2.95. The summed E-state index contributed by atoms with van der Waals surface area (Å²) in [5.41, 5.74) is 1.01. The van der Waals surface area contributed by atoms with Gasteiger partial charge in [0, 0.05) is 6.61 Å². The molecule has 0 aromatic heterocycles. The molecule has 9 heavy (non-hydrogen) atoms. The van der Waals surface area contributed by atoms with E-state index in [4.69, 9.17) is 4.43 Å². The molecule has 1 rings (SSSR count). The molecule has 0 spiro atoms. The zero-order valence-electron chi connectivity index (χ0n) is 6.39. The molecule has 1 fully saturated rings. The predicted octanol–water partition coefficient (Wildman–Crippen LogP) is 0.624. The van der Waals surface area contributed by atoms with Gasteiger partial charge in [-0.15, -0.1) is 0 Å². The van der Waals surface area contributed by atoms with E-state index in [2.05, 4.69) is 13.8 Å². The molecule has 1 nitrogen and oxygen atoms in total. The van der Waals surface area contributed by atoms with Crippen molar-refractivity contribution in [3.8, 4) is 0 Å². The summed E-state index contributed by atoms with van der Waals surface area (Å²) >= 11 is 0. The second-order valence-electron chi connectivity index (χ2n) is 3.22. The highest BCUT2D eigenvalue weighted by molar-refractivity contribution is 7.10. The van der Waals surface area contributed by atoms with Crippen molar-refractivity contribution in [3.05, 3.63) is 0 Å². The Labute approximate surface area is 61.1 Å². The van der Waals surface area contributed by atoms with Crippen molar-refractivity contribution in [1.29, 1.82) is 0 Å². The van der Waals surface area contributed by atoms with Gasteiger partial charge in [-0.05, 0) is 6.42 Å². The first kappa shape index (κ1) is 7.50. The van der Waals surface area contributed by atoms with E-state index in [0.29, 0.717) is 0 Å². The first-order valence-corrected chi connectivity index (χ1v) is 9.21. The van der Waals surface area contributed by atoms with Gasteiger partial charge in [-0.1, -0.05) is 25.4 Å². The molecular formula is C6H16OSi2. The van der Waals surface area contributed by atoms with Gasteiger partial charge in [-0.25, -0.2) is 0 Å². The first-order chi connectivity index (χ1) is 4.30. The highest BCUT2D eigenvalue weighted by atomic mass is 29.2. The molecule has 0 aliphatic carbocycles. The van der Waals surface area contributed by atoms with Crippen LogP contribution >= 0.6 is 0 Å². The van der Waals surface area contributed by atoms with Crippen molar-refractivity contribution in [2.75, 3.05) is 6.61 Å². The van der Waals surface area contributed by atoms with Gasteiger partial charge in [0.1, 0.15) is 9.28 Å². The van der Waals surface area contributed by atoms with E-state index >= 15 is 0 Å². The zero-order chi connectivity index (χ0) is 6.69. The summed E-state index contributed by atoms with van der Waals surface area (Å²) in [5, 5.41) is 0. The van der Waals surface area contributed by atoms with Crippen LogP contribution in [0.5, 0.6) is 0 Å². The van der Waals surface area contributed by atoms with E-state index in [1.807, 2.05) is 0 Å². The molecule has 1 aliphatic rings. The van der Waals surface area contributed by atoms with Crippen LogP contribution in [0.2, 0.25) is 11.6 Å². The molecule has 0 aromatic rings. The maximum absolute atomic E-state index is 5.54. The highest BCUT2D eigenvalue weighted by Gasteiger charge is 2.19. The van der Waals surface area contributed by atoms with E-state index in [1.54, 1.807) is 6.04 Å². The smallest absolute Gasteiger partial charge is 0.147 e. The summed E-state index contributed by atoms with van der Waals surface area (Å²) in [4.78, 5) is 0. The minimum Gasteiger partial charge on any atom is -0.428 e. The Balaban J connectivity index is 2.23. The van der Waals surface area contributed by atoms with Crippen molar-refractivity contribution in [3.63, 3.8) is 0 Å². The lowest BCUT2D eigenvalue weighted by Crippen LogP contribution is -2.32. The molecule has 0 radical (unpaired) electrons. The summed E-state index contributed by atoms with van der Waals surface area (Å²) in [5.74, 6) is 0. The Morgan fingerprint density at radius 1 is 1.56 bits per heavy atom. The summed E-state index contributed by atoms with van der Waals surface area (Å²) in [7, 11) is -0.269.